The van der Waals surface area contributed by atoms with Crippen molar-refractivity contribution in [1.82, 2.24) is 14.8 Å². The highest BCUT2D eigenvalue weighted by Crippen LogP contribution is 2.30. The van der Waals surface area contributed by atoms with E-state index in [0.29, 0.717) is 40.3 Å². The van der Waals surface area contributed by atoms with Gasteiger partial charge in [0, 0.05) is 12.1 Å². The lowest BCUT2D eigenvalue weighted by Gasteiger charge is -2.13. The normalized spacial score (nSPS) is 10.7. The molecule has 5 aromatic rings. The van der Waals surface area contributed by atoms with Gasteiger partial charge in [0.15, 0.2) is 16.7 Å². The highest BCUT2D eigenvalue weighted by atomic mass is 32.2. The van der Waals surface area contributed by atoms with Crippen molar-refractivity contribution in [3.05, 3.63) is 114 Å². The number of anilines is 1. The summed E-state index contributed by atoms with van der Waals surface area (Å²) < 4.78 is 18.7. The number of methoxy groups -OCH3 is 2. The molecule has 0 spiro atoms. The average molecular weight is 596 g/mol. The number of carbonyl (C=O) groups excluding carboxylic acids is 2. The zero-order valence-corrected chi connectivity index (χ0v) is 24.3. The van der Waals surface area contributed by atoms with Crippen LogP contribution in [0.1, 0.15) is 21.7 Å². The predicted molar refractivity (Wildman–Crippen MR) is 165 cm³/mol. The number of nitrogens with zero attached hydrogens (tertiary/aromatic N) is 3. The van der Waals surface area contributed by atoms with E-state index >= 15 is 0 Å². The molecular weight excluding hydrogens is 566 g/mol. The van der Waals surface area contributed by atoms with Gasteiger partial charge in [-0.15, -0.1) is 10.2 Å². The van der Waals surface area contributed by atoms with Crippen LogP contribution in [0.25, 0.3) is 5.69 Å². The molecule has 4 aromatic carbocycles. The lowest BCUT2D eigenvalue weighted by Crippen LogP contribution is -2.19. The molecule has 218 valence electrons. The summed E-state index contributed by atoms with van der Waals surface area (Å²) in [7, 11) is 3.18. The Labute approximate surface area is 252 Å². The number of hydrogen-bond acceptors (Lipinski definition) is 8. The molecule has 10 nitrogen and oxygen atoms in total. The van der Waals surface area contributed by atoms with Crippen LogP contribution in [0.3, 0.4) is 0 Å². The number of aromatic nitrogens is 3. The van der Waals surface area contributed by atoms with E-state index in [1.54, 1.807) is 38.5 Å². The van der Waals surface area contributed by atoms with Gasteiger partial charge in [-0.05, 0) is 66.2 Å². The summed E-state index contributed by atoms with van der Waals surface area (Å²) in [4.78, 5) is 24.6. The maximum atomic E-state index is 12.9. The van der Waals surface area contributed by atoms with Crippen LogP contribution < -0.4 is 25.3 Å². The Bertz CT molecular complexity index is 1720. The third kappa shape index (κ3) is 7.14. The SMILES string of the molecule is COc1ccc(Cc2nnc(SCC(=O)Nc3ccccc3C(N)=O)n2-c2ccc(Oc3ccccc3)cc2)cc1OC. The molecule has 0 radical (unpaired) electrons. The second-order valence-corrected chi connectivity index (χ2v) is 10.2. The third-order valence-corrected chi connectivity index (χ3v) is 7.31. The van der Waals surface area contributed by atoms with Gasteiger partial charge >= 0.3 is 0 Å². The largest absolute Gasteiger partial charge is 0.493 e. The van der Waals surface area contributed by atoms with E-state index in [1.165, 1.54) is 11.8 Å². The van der Waals surface area contributed by atoms with Crippen LogP contribution >= 0.6 is 11.8 Å². The van der Waals surface area contributed by atoms with E-state index in [0.717, 1.165) is 17.0 Å². The van der Waals surface area contributed by atoms with Crippen LogP contribution in [0.2, 0.25) is 0 Å². The number of nitrogens with one attached hydrogen (secondary N) is 1. The van der Waals surface area contributed by atoms with Gasteiger partial charge in [-0.1, -0.05) is 48.2 Å². The molecule has 0 saturated carbocycles. The van der Waals surface area contributed by atoms with Crippen LogP contribution in [-0.4, -0.2) is 46.6 Å². The molecule has 1 heterocycles. The van der Waals surface area contributed by atoms with E-state index < -0.39 is 5.91 Å². The number of carbonyl (C=O) groups is 2. The van der Waals surface area contributed by atoms with Crippen LogP contribution in [0, 0.1) is 0 Å². The van der Waals surface area contributed by atoms with Crippen molar-refractivity contribution in [1.29, 1.82) is 0 Å². The second kappa shape index (κ2) is 13.6. The van der Waals surface area contributed by atoms with Gasteiger partial charge in [-0.3, -0.25) is 14.2 Å². The fourth-order valence-electron chi connectivity index (χ4n) is 4.35. The van der Waals surface area contributed by atoms with Crippen molar-refractivity contribution in [2.75, 3.05) is 25.3 Å². The van der Waals surface area contributed by atoms with Crippen LogP contribution in [0.15, 0.2) is 102 Å². The molecule has 0 saturated heterocycles. The second-order valence-electron chi connectivity index (χ2n) is 9.26. The van der Waals surface area contributed by atoms with Crippen LogP contribution in [0.5, 0.6) is 23.0 Å². The quantitative estimate of drug-likeness (QED) is 0.181. The maximum Gasteiger partial charge on any atom is 0.250 e. The lowest BCUT2D eigenvalue weighted by molar-refractivity contribution is -0.113. The Hall–Kier alpha value is -5.29. The molecule has 43 heavy (non-hydrogen) atoms. The van der Waals surface area contributed by atoms with Gasteiger partial charge in [-0.25, -0.2) is 0 Å². The fourth-order valence-corrected chi connectivity index (χ4v) is 5.12. The van der Waals surface area contributed by atoms with Crippen LogP contribution in [-0.2, 0) is 11.2 Å². The first-order chi connectivity index (χ1) is 20.9. The van der Waals surface area contributed by atoms with E-state index in [9.17, 15) is 9.59 Å². The molecule has 0 aliphatic rings. The van der Waals surface area contributed by atoms with Crippen molar-refractivity contribution in [3.8, 4) is 28.7 Å². The van der Waals surface area contributed by atoms with E-state index in [4.69, 9.17) is 19.9 Å². The Kier molecular flexibility index (Phi) is 9.23. The number of hydrogen-bond donors (Lipinski definition) is 2. The molecule has 3 N–H and O–H groups in total. The summed E-state index contributed by atoms with van der Waals surface area (Å²) in [6, 6.07) is 29.3. The number of nitrogens with two attached hydrogens (primary N) is 1. The molecule has 0 atom stereocenters. The Morgan fingerprint density at radius 1 is 0.837 bits per heavy atom. The van der Waals surface area contributed by atoms with Crippen molar-refractivity contribution >= 4 is 29.3 Å². The minimum Gasteiger partial charge on any atom is -0.493 e. The first-order valence-corrected chi connectivity index (χ1v) is 14.2. The summed E-state index contributed by atoms with van der Waals surface area (Å²) in [5, 5.41) is 12.2. The number of para-hydroxylation sites is 2. The van der Waals surface area contributed by atoms with Gasteiger partial charge in [-0.2, -0.15) is 0 Å². The topological polar surface area (TPSA) is 131 Å². The highest BCUT2D eigenvalue weighted by molar-refractivity contribution is 7.99. The minimum atomic E-state index is -0.622. The third-order valence-electron chi connectivity index (χ3n) is 6.38. The number of benzene rings is 4. The zero-order chi connectivity index (χ0) is 30.2. The molecule has 0 bridgehead atoms. The summed E-state index contributed by atoms with van der Waals surface area (Å²) in [6.07, 6.45) is 0.439. The summed E-state index contributed by atoms with van der Waals surface area (Å²) in [5.74, 6) is 2.38. The first kappa shape index (κ1) is 29.2. The smallest absolute Gasteiger partial charge is 0.250 e. The number of rotatable bonds is 12. The van der Waals surface area contributed by atoms with Crippen molar-refractivity contribution in [3.63, 3.8) is 0 Å². The van der Waals surface area contributed by atoms with Gasteiger partial charge in [0.25, 0.3) is 5.91 Å². The number of ether oxygens (including phenoxy) is 3. The molecule has 5 rings (SSSR count). The molecule has 1 aromatic heterocycles. The minimum absolute atomic E-state index is 0.0246. The Morgan fingerprint density at radius 2 is 1.53 bits per heavy atom. The standard InChI is InChI=1S/C32H29N5O5S/c1-40-27-17-12-21(18-28(27)41-2)19-29-35-36-32(43-20-30(38)34-26-11-7-6-10-25(26)31(33)39)37(29)22-13-15-24(16-14-22)42-23-8-4-3-5-9-23/h3-18H,19-20H2,1-2H3,(H2,33,39)(H,34,38). The fraction of sp³-hybridized carbons (Fsp3) is 0.125. The first-order valence-electron chi connectivity index (χ1n) is 13.2. The van der Waals surface area contributed by atoms with Crippen molar-refractivity contribution < 1.29 is 23.8 Å². The Morgan fingerprint density at radius 3 is 2.26 bits per heavy atom. The average Bonchev–Trinajstić information content (AvgIpc) is 3.43. The number of thioether (sulfide) groups is 1. The van der Waals surface area contributed by atoms with E-state index in [2.05, 4.69) is 15.5 Å². The monoisotopic (exact) mass is 595 g/mol. The Balaban J connectivity index is 1.40. The van der Waals surface area contributed by atoms with E-state index in [1.807, 2.05) is 77.4 Å². The van der Waals surface area contributed by atoms with Gasteiger partial charge < -0.3 is 25.3 Å². The molecule has 0 unspecified atom stereocenters. The lowest BCUT2D eigenvalue weighted by atomic mass is 10.1. The molecule has 0 aliphatic heterocycles. The molecule has 11 heteroatoms. The van der Waals surface area contributed by atoms with Crippen molar-refractivity contribution in [2.24, 2.45) is 5.73 Å². The summed E-state index contributed by atoms with van der Waals surface area (Å²) in [5.41, 5.74) is 7.77. The van der Waals surface area contributed by atoms with Crippen LogP contribution in [0.4, 0.5) is 5.69 Å². The van der Waals surface area contributed by atoms with Gasteiger partial charge in [0.1, 0.15) is 17.3 Å². The summed E-state index contributed by atoms with van der Waals surface area (Å²) >= 11 is 1.22. The molecular formula is C32H29N5O5S. The van der Waals surface area contributed by atoms with Crippen molar-refractivity contribution in [2.45, 2.75) is 11.6 Å². The molecule has 2 amide bonds. The predicted octanol–water partition coefficient (Wildman–Crippen LogP) is 5.50. The maximum absolute atomic E-state index is 12.9. The molecule has 0 fully saturated rings. The summed E-state index contributed by atoms with van der Waals surface area (Å²) in [6.45, 7) is 0. The number of amides is 2. The number of primary amides is 1. The van der Waals surface area contributed by atoms with Gasteiger partial charge in [0.05, 0.1) is 31.2 Å². The highest BCUT2D eigenvalue weighted by Gasteiger charge is 2.18. The molecule has 0 aliphatic carbocycles. The van der Waals surface area contributed by atoms with E-state index in [-0.39, 0.29) is 17.2 Å². The van der Waals surface area contributed by atoms with Gasteiger partial charge in [0.2, 0.25) is 5.91 Å². The zero-order valence-electron chi connectivity index (χ0n) is 23.5.